The molecule has 14 heavy (non-hydrogen) atoms. The van der Waals surface area contributed by atoms with Crippen molar-refractivity contribution in [3.05, 3.63) is 35.9 Å². The van der Waals surface area contributed by atoms with Gasteiger partial charge < -0.3 is 5.32 Å². The molecule has 2 heteroatoms. The third-order valence-electron chi connectivity index (χ3n) is 2.90. The number of hydrogen-bond acceptors (Lipinski definition) is 1. The maximum atomic E-state index is 11.1. The Hall–Kier alpha value is -1.31. The monoisotopic (exact) mass is 189 g/mol. The van der Waals surface area contributed by atoms with Gasteiger partial charge in [-0.3, -0.25) is 4.79 Å². The average molecular weight is 189 g/mol. The van der Waals surface area contributed by atoms with Gasteiger partial charge in [-0.25, -0.2) is 0 Å². The van der Waals surface area contributed by atoms with Crippen LogP contribution in [-0.2, 0) is 4.79 Å². The lowest BCUT2D eigenvalue weighted by atomic mass is 9.85. The number of rotatable bonds is 1. The van der Waals surface area contributed by atoms with E-state index in [-0.39, 0.29) is 11.9 Å². The van der Waals surface area contributed by atoms with Crippen LogP contribution in [0.15, 0.2) is 30.3 Å². The molecule has 1 aromatic carbocycles. The number of carbonyl (C=O) groups excluding carboxylic acids is 1. The first-order valence-electron chi connectivity index (χ1n) is 5.11. The van der Waals surface area contributed by atoms with Gasteiger partial charge in [0.05, 0.1) is 0 Å². The molecule has 1 aliphatic rings. The van der Waals surface area contributed by atoms with Crippen molar-refractivity contribution in [2.45, 2.75) is 31.7 Å². The second-order valence-corrected chi connectivity index (χ2v) is 3.91. The van der Waals surface area contributed by atoms with E-state index >= 15 is 0 Å². The lowest BCUT2D eigenvalue weighted by Crippen LogP contribution is -2.41. The SMILES string of the molecule is C[C@H]1NC(=O)CC[C@H]1c1ccccc1. The molecular weight excluding hydrogens is 174 g/mol. The van der Waals surface area contributed by atoms with Crippen molar-refractivity contribution >= 4 is 5.91 Å². The number of piperidine rings is 1. The highest BCUT2D eigenvalue weighted by Gasteiger charge is 2.25. The Labute approximate surface area is 84.3 Å². The third kappa shape index (κ3) is 1.79. The standard InChI is InChI=1S/C12H15NO/c1-9-11(7-8-12(14)13-9)10-5-3-2-4-6-10/h2-6,9,11H,7-8H2,1H3,(H,13,14)/t9-,11-/m1/s1. The summed E-state index contributed by atoms with van der Waals surface area (Å²) in [4.78, 5) is 11.1. The van der Waals surface area contributed by atoms with Crippen LogP contribution in [0, 0.1) is 0 Å². The van der Waals surface area contributed by atoms with Gasteiger partial charge in [-0.05, 0) is 18.9 Å². The molecule has 0 bridgehead atoms. The molecule has 2 nitrogen and oxygen atoms in total. The molecule has 1 N–H and O–H groups in total. The topological polar surface area (TPSA) is 29.1 Å². The van der Waals surface area contributed by atoms with Crippen LogP contribution in [0.4, 0.5) is 0 Å². The van der Waals surface area contributed by atoms with E-state index in [4.69, 9.17) is 0 Å². The zero-order valence-corrected chi connectivity index (χ0v) is 8.36. The van der Waals surface area contributed by atoms with Crippen molar-refractivity contribution in [1.82, 2.24) is 5.32 Å². The van der Waals surface area contributed by atoms with Crippen molar-refractivity contribution in [2.75, 3.05) is 0 Å². The predicted octanol–water partition coefficient (Wildman–Crippen LogP) is 2.07. The van der Waals surface area contributed by atoms with Gasteiger partial charge in [0.2, 0.25) is 5.91 Å². The van der Waals surface area contributed by atoms with Crippen LogP contribution in [0.25, 0.3) is 0 Å². The minimum Gasteiger partial charge on any atom is -0.353 e. The fraction of sp³-hybridized carbons (Fsp3) is 0.417. The second-order valence-electron chi connectivity index (χ2n) is 3.91. The number of hydrogen-bond donors (Lipinski definition) is 1. The maximum Gasteiger partial charge on any atom is 0.220 e. The summed E-state index contributed by atoms with van der Waals surface area (Å²) < 4.78 is 0. The summed E-state index contributed by atoms with van der Waals surface area (Å²) >= 11 is 0. The molecule has 0 unspecified atom stereocenters. The Morgan fingerprint density at radius 3 is 2.64 bits per heavy atom. The molecule has 2 atom stereocenters. The molecule has 2 rings (SSSR count). The second kappa shape index (κ2) is 3.82. The number of carbonyl (C=O) groups is 1. The Morgan fingerprint density at radius 1 is 1.29 bits per heavy atom. The summed E-state index contributed by atoms with van der Waals surface area (Å²) in [7, 11) is 0. The summed E-state index contributed by atoms with van der Waals surface area (Å²) in [6.45, 7) is 2.08. The molecule has 0 spiro atoms. The van der Waals surface area contributed by atoms with E-state index in [0.29, 0.717) is 12.3 Å². The van der Waals surface area contributed by atoms with E-state index in [1.54, 1.807) is 0 Å². The highest BCUT2D eigenvalue weighted by atomic mass is 16.1. The lowest BCUT2D eigenvalue weighted by molar-refractivity contribution is -0.123. The molecule has 1 aliphatic heterocycles. The summed E-state index contributed by atoms with van der Waals surface area (Å²) in [6, 6.07) is 10.7. The van der Waals surface area contributed by atoms with Gasteiger partial charge in [-0.15, -0.1) is 0 Å². The fourth-order valence-corrected chi connectivity index (χ4v) is 2.12. The van der Waals surface area contributed by atoms with Crippen molar-refractivity contribution in [3.63, 3.8) is 0 Å². The summed E-state index contributed by atoms with van der Waals surface area (Å²) in [6.07, 6.45) is 1.63. The molecule has 1 saturated heterocycles. The minimum atomic E-state index is 0.185. The van der Waals surface area contributed by atoms with Crippen LogP contribution < -0.4 is 5.32 Å². The van der Waals surface area contributed by atoms with Crippen LogP contribution in [0.2, 0.25) is 0 Å². The van der Waals surface area contributed by atoms with Crippen LogP contribution in [0.1, 0.15) is 31.2 Å². The van der Waals surface area contributed by atoms with E-state index in [1.165, 1.54) is 5.56 Å². The first kappa shape index (κ1) is 9.25. The largest absolute Gasteiger partial charge is 0.353 e. The van der Waals surface area contributed by atoms with E-state index in [0.717, 1.165) is 6.42 Å². The van der Waals surface area contributed by atoms with Gasteiger partial charge in [-0.1, -0.05) is 30.3 Å². The summed E-state index contributed by atoms with van der Waals surface area (Å²) in [5, 5.41) is 2.99. The molecular formula is C12H15NO. The lowest BCUT2D eigenvalue weighted by Gasteiger charge is -2.29. The average Bonchev–Trinajstić information content (AvgIpc) is 2.19. The predicted molar refractivity (Wildman–Crippen MR) is 56.0 cm³/mol. The van der Waals surface area contributed by atoms with Crippen molar-refractivity contribution in [3.8, 4) is 0 Å². The Bertz CT molecular complexity index is 320. The van der Waals surface area contributed by atoms with Gasteiger partial charge in [-0.2, -0.15) is 0 Å². The Kier molecular flexibility index (Phi) is 2.53. The third-order valence-corrected chi connectivity index (χ3v) is 2.90. The van der Waals surface area contributed by atoms with Gasteiger partial charge >= 0.3 is 0 Å². The Morgan fingerprint density at radius 2 is 2.00 bits per heavy atom. The van der Waals surface area contributed by atoms with Crippen molar-refractivity contribution in [1.29, 1.82) is 0 Å². The number of nitrogens with one attached hydrogen (secondary N) is 1. The Balaban J connectivity index is 2.16. The first-order chi connectivity index (χ1) is 6.77. The highest BCUT2D eigenvalue weighted by Crippen LogP contribution is 2.27. The minimum absolute atomic E-state index is 0.185. The molecule has 0 saturated carbocycles. The van der Waals surface area contributed by atoms with Crippen LogP contribution in [-0.4, -0.2) is 11.9 Å². The molecule has 0 aliphatic carbocycles. The molecule has 0 radical (unpaired) electrons. The van der Waals surface area contributed by atoms with E-state index < -0.39 is 0 Å². The van der Waals surface area contributed by atoms with Crippen LogP contribution >= 0.6 is 0 Å². The molecule has 1 amide bonds. The van der Waals surface area contributed by atoms with Gasteiger partial charge in [0.15, 0.2) is 0 Å². The number of benzene rings is 1. The smallest absolute Gasteiger partial charge is 0.220 e. The highest BCUT2D eigenvalue weighted by molar-refractivity contribution is 5.77. The summed E-state index contributed by atoms with van der Waals surface area (Å²) in [5.41, 5.74) is 1.33. The zero-order chi connectivity index (χ0) is 9.97. The molecule has 0 aromatic heterocycles. The molecule has 1 heterocycles. The van der Waals surface area contributed by atoms with E-state index in [2.05, 4.69) is 36.5 Å². The normalized spacial score (nSPS) is 27.1. The number of amides is 1. The maximum absolute atomic E-state index is 11.1. The molecule has 1 fully saturated rings. The van der Waals surface area contributed by atoms with Crippen LogP contribution in [0.5, 0.6) is 0 Å². The van der Waals surface area contributed by atoms with E-state index in [1.807, 2.05) is 6.07 Å². The van der Waals surface area contributed by atoms with Gasteiger partial charge in [0, 0.05) is 18.4 Å². The quantitative estimate of drug-likeness (QED) is 0.720. The molecule has 1 aromatic rings. The van der Waals surface area contributed by atoms with Crippen molar-refractivity contribution in [2.24, 2.45) is 0 Å². The first-order valence-corrected chi connectivity index (χ1v) is 5.11. The zero-order valence-electron chi connectivity index (χ0n) is 8.36. The summed E-state index contributed by atoms with van der Waals surface area (Å²) in [5.74, 6) is 0.665. The van der Waals surface area contributed by atoms with Crippen molar-refractivity contribution < 1.29 is 4.79 Å². The fourth-order valence-electron chi connectivity index (χ4n) is 2.12. The van der Waals surface area contributed by atoms with Crippen LogP contribution in [0.3, 0.4) is 0 Å². The van der Waals surface area contributed by atoms with E-state index in [9.17, 15) is 4.79 Å². The van der Waals surface area contributed by atoms with Gasteiger partial charge in [0.25, 0.3) is 0 Å². The van der Waals surface area contributed by atoms with Gasteiger partial charge in [0.1, 0.15) is 0 Å². The molecule has 74 valence electrons.